The molecule has 2 fully saturated rings. The van der Waals surface area contributed by atoms with E-state index in [2.05, 4.69) is 22.1 Å². The summed E-state index contributed by atoms with van der Waals surface area (Å²) in [6, 6.07) is 0.680. The number of anilines is 1. The van der Waals surface area contributed by atoms with E-state index < -0.39 is 0 Å². The standard InChI is InChI=1S/C20H31N3O3S2/c1-3-26-17(24)13-27-18-12-21-19(28-18)22-20(25)23(15-7-5-4-6-8-15)16-10-9-14(2)11-16/h12,14-16H,3-11,13H2,1-2H3,(H,21,22,25)/t14-,16-/m1/s1. The predicted molar refractivity (Wildman–Crippen MR) is 114 cm³/mol. The van der Waals surface area contributed by atoms with Gasteiger partial charge in [-0.25, -0.2) is 9.78 Å². The monoisotopic (exact) mass is 425 g/mol. The first-order valence-corrected chi connectivity index (χ1v) is 12.2. The number of thioether (sulfide) groups is 1. The van der Waals surface area contributed by atoms with Crippen LogP contribution in [-0.4, -0.2) is 46.3 Å². The van der Waals surface area contributed by atoms with Crippen molar-refractivity contribution in [2.24, 2.45) is 5.92 Å². The zero-order chi connectivity index (χ0) is 19.9. The number of amides is 2. The van der Waals surface area contributed by atoms with Crippen molar-refractivity contribution in [3.05, 3.63) is 6.20 Å². The number of esters is 1. The second-order valence-corrected chi connectivity index (χ2v) is 10.1. The molecule has 1 aromatic rings. The van der Waals surface area contributed by atoms with Crippen molar-refractivity contribution >= 4 is 40.2 Å². The molecule has 2 aliphatic rings. The van der Waals surface area contributed by atoms with Crippen LogP contribution in [-0.2, 0) is 9.53 Å². The maximum absolute atomic E-state index is 13.2. The Labute approximate surface area is 175 Å². The van der Waals surface area contributed by atoms with Crippen molar-refractivity contribution < 1.29 is 14.3 Å². The highest BCUT2D eigenvalue weighted by Gasteiger charge is 2.35. The van der Waals surface area contributed by atoms with Gasteiger partial charge >= 0.3 is 12.0 Å². The molecule has 8 heteroatoms. The van der Waals surface area contributed by atoms with Gasteiger partial charge in [0, 0.05) is 12.1 Å². The van der Waals surface area contributed by atoms with Crippen molar-refractivity contribution in [2.45, 2.75) is 81.5 Å². The summed E-state index contributed by atoms with van der Waals surface area (Å²) in [4.78, 5) is 31.1. The molecule has 0 radical (unpaired) electrons. The summed E-state index contributed by atoms with van der Waals surface area (Å²) in [5.74, 6) is 0.720. The van der Waals surface area contributed by atoms with Gasteiger partial charge in [0.2, 0.25) is 0 Å². The normalized spacial score (nSPS) is 22.8. The predicted octanol–water partition coefficient (Wildman–Crippen LogP) is 5.15. The number of nitrogens with one attached hydrogen (secondary N) is 1. The van der Waals surface area contributed by atoms with E-state index in [1.807, 2.05) is 0 Å². The molecular formula is C20H31N3O3S2. The molecule has 2 atom stereocenters. The van der Waals surface area contributed by atoms with Crippen LogP contribution < -0.4 is 5.32 Å². The number of carbonyl (C=O) groups excluding carboxylic acids is 2. The molecule has 6 nitrogen and oxygen atoms in total. The molecule has 0 aromatic carbocycles. The van der Waals surface area contributed by atoms with E-state index in [1.165, 1.54) is 48.8 Å². The van der Waals surface area contributed by atoms with Gasteiger partial charge in [-0.1, -0.05) is 37.5 Å². The van der Waals surface area contributed by atoms with E-state index in [-0.39, 0.29) is 17.8 Å². The maximum atomic E-state index is 13.2. The Morgan fingerprint density at radius 1 is 1.25 bits per heavy atom. The lowest BCUT2D eigenvalue weighted by Crippen LogP contribution is -2.49. The van der Waals surface area contributed by atoms with E-state index >= 15 is 0 Å². The summed E-state index contributed by atoms with van der Waals surface area (Å²) >= 11 is 2.81. The van der Waals surface area contributed by atoms with E-state index in [9.17, 15) is 9.59 Å². The van der Waals surface area contributed by atoms with Gasteiger partial charge in [-0.3, -0.25) is 10.1 Å². The molecule has 2 saturated carbocycles. The van der Waals surface area contributed by atoms with Gasteiger partial charge in [-0.15, -0.1) is 11.8 Å². The number of carbonyl (C=O) groups is 2. The average molecular weight is 426 g/mol. The summed E-state index contributed by atoms with van der Waals surface area (Å²) in [5, 5.41) is 3.63. The molecule has 156 valence electrons. The van der Waals surface area contributed by atoms with Crippen molar-refractivity contribution in [3.63, 3.8) is 0 Å². The molecule has 1 N–H and O–H groups in total. The summed E-state index contributed by atoms with van der Waals surface area (Å²) in [5.41, 5.74) is 0. The second kappa shape index (κ2) is 10.5. The Morgan fingerprint density at radius 2 is 2.04 bits per heavy atom. The first-order chi connectivity index (χ1) is 13.6. The van der Waals surface area contributed by atoms with Crippen LogP contribution in [0.2, 0.25) is 0 Å². The number of nitrogens with zero attached hydrogens (tertiary/aromatic N) is 2. The Bertz CT molecular complexity index is 656. The van der Waals surface area contributed by atoms with Crippen molar-refractivity contribution in [1.82, 2.24) is 9.88 Å². The Kier molecular flexibility index (Phi) is 8.02. The van der Waals surface area contributed by atoms with E-state index in [0.717, 1.165) is 29.9 Å². The van der Waals surface area contributed by atoms with Crippen molar-refractivity contribution in [3.8, 4) is 0 Å². The maximum Gasteiger partial charge on any atom is 0.324 e. The van der Waals surface area contributed by atoms with E-state index in [0.29, 0.717) is 29.7 Å². The fraction of sp³-hybridized carbons (Fsp3) is 0.750. The lowest BCUT2D eigenvalue weighted by Gasteiger charge is -2.38. The van der Waals surface area contributed by atoms with Crippen LogP contribution in [0, 0.1) is 5.92 Å². The zero-order valence-electron chi connectivity index (χ0n) is 16.8. The number of rotatable bonds is 7. The molecule has 0 saturated heterocycles. The number of thiazole rings is 1. The van der Waals surface area contributed by atoms with Crippen LogP contribution in [0.4, 0.5) is 9.93 Å². The Balaban J connectivity index is 1.60. The lowest BCUT2D eigenvalue weighted by molar-refractivity contribution is -0.139. The van der Waals surface area contributed by atoms with Gasteiger partial charge in [0.25, 0.3) is 0 Å². The minimum Gasteiger partial charge on any atom is -0.465 e. The first-order valence-electron chi connectivity index (χ1n) is 10.4. The smallest absolute Gasteiger partial charge is 0.324 e. The van der Waals surface area contributed by atoms with Gasteiger partial charge in [0.15, 0.2) is 5.13 Å². The highest BCUT2D eigenvalue weighted by Crippen LogP contribution is 2.35. The molecule has 3 rings (SSSR count). The van der Waals surface area contributed by atoms with Crippen LogP contribution in [0.25, 0.3) is 0 Å². The van der Waals surface area contributed by atoms with Gasteiger partial charge in [0.1, 0.15) is 0 Å². The van der Waals surface area contributed by atoms with Gasteiger partial charge in [-0.2, -0.15) is 0 Å². The molecule has 0 bridgehead atoms. The number of hydrogen-bond acceptors (Lipinski definition) is 6. The molecule has 0 spiro atoms. The fourth-order valence-electron chi connectivity index (χ4n) is 4.29. The Morgan fingerprint density at radius 3 is 2.71 bits per heavy atom. The van der Waals surface area contributed by atoms with E-state index in [4.69, 9.17) is 4.74 Å². The highest BCUT2D eigenvalue weighted by atomic mass is 32.2. The van der Waals surface area contributed by atoms with Crippen molar-refractivity contribution in [2.75, 3.05) is 17.7 Å². The quantitative estimate of drug-likeness (QED) is 0.483. The summed E-state index contributed by atoms with van der Waals surface area (Å²) in [6.07, 6.45) is 11.0. The number of aromatic nitrogens is 1. The van der Waals surface area contributed by atoms with Crippen LogP contribution >= 0.6 is 23.1 Å². The van der Waals surface area contributed by atoms with Crippen LogP contribution in [0.15, 0.2) is 10.4 Å². The SMILES string of the molecule is CCOC(=O)CSc1cnc(NC(=O)N(C2CCCCC2)[C@@H]2CC[C@@H](C)C2)s1. The third-order valence-corrected chi connectivity index (χ3v) is 7.68. The molecule has 2 amide bonds. The number of urea groups is 1. The third-order valence-electron chi connectivity index (χ3n) is 5.60. The van der Waals surface area contributed by atoms with Crippen LogP contribution in [0.5, 0.6) is 0 Å². The fourth-order valence-corrected chi connectivity index (χ4v) is 5.95. The number of ether oxygens (including phenoxy) is 1. The van der Waals surface area contributed by atoms with Gasteiger partial charge < -0.3 is 9.64 Å². The minimum absolute atomic E-state index is 0.0118. The molecule has 0 aliphatic heterocycles. The lowest BCUT2D eigenvalue weighted by atomic mass is 9.93. The summed E-state index contributed by atoms with van der Waals surface area (Å²) < 4.78 is 5.85. The third kappa shape index (κ3) is 5.86. The average Bonchev–Trinajstić information content (AvgIpc) is 3.30. The van der Waals surface area contributed by atoms with Crippen molar-refractivity contribution in [1.29, 1.82) is 0 Å². The van der Waals surface area contributed by atoms with Gasteiger partial charge in [0.05, 0.1) is 22.8 Å². The second-order valence-electron chi connectivity index (χ2n) is 7.78. The van der Waals surface area contributed by atoms with Crippen LogP contribution in [0.3, 0.4) is 0 Å². The molecule has 1 heterocycles. The highest BCUT2D eigenvalue weighted by molar-refractivity contribution is 8.01. The summed E-state index contributed by atoms with van der Waals surface area (Å²) in [7, 11) is 0. The number of hydrogen-bond donors (Lipinski definition) is 1. The summed E-state index contributed by atoms with van der Waals surface area (Å²) in [6.45, 7) is 4.47. The largest absolute Gasteiger partial charge is 0.465 e. The Hall–Kier alpha value is -1.28. The molecule has 1 aromatic heterocycles. The first kappa shape index (κ1) is 21.4. The van der Waals surface area contributed by atoms with E-state index in [1.54, 1.807) is 13.1 Å². The topological polar surface area (TPSA) is 71.5 Å². The molecule has 2 aliphatic carbocycles. The molecule has 28 heavy (non-hydrogen) atoms. The zero-order valence-corrected chi connectivity index (χ0v) is 18.4. The molecular weight excluding hydrogens is 394 g/mol. The van der Waals surface area contributed by atoms with Gasteiger partial charge in [-0.05, 0) is 44.9 Å². The van der Waals surface area contributed by atoms with Crippen LogP contribution in [0.1, 0.15) is 65.2 Å². The minimum atomic E-state index is -0.231. The molecule has 0 unspecified atom stereocenters.